The third-order valence-electron chi connectivity index (χ3n) is 2.45. The fourth-order valence-corrected chi connectivity index (χ4v) is 2.90. The van der Waals surface area contributed by atoms with Gasteiger partial charge in [-0.15, -0.1) is 0 Å². The highest BCUT2D eigenvalue weighted by atomic mass is 32.2. The molecule has 0 amide bonds. The van der Waals surface area contributed by atoms with Crippen molar-refractivity contribution in [2.45, 2.75) is 24.6 Å². The highest BCUT2D eigenvalue weighted by Crippen LogP contribution is 2.51. The van der Waals surface area contributed by atoms with Crippen LogP contribution in [0.25, 0.3) is 0 Å². The Morgan fingerprint density at radius 2 is 2.11 bits per heavy atom. The molecular formula is C9H15NO6PS+. The minimum absolute atomic E-state index is 0.354. The fourth-order valence-electron chi connectivity index (χ4n) is 1.41. The van der Waals surface area contributed by atoms with Crippen molar-refractivity contribution in [3.63, 3.8) is 0 Å². The van der Waals surface area contributed by atoms with Crippen molar-refractivity contribution in [3.05, 3.63) is 30.1 Å². The number of hydrogen-bond acceptors (Lipinski definition) is 3. The normalized spacial score (nSPS) is 17.2. The van der Waals surface area contributed by atoms with E-state index in [1.54, 1.807) is 23.0 Å². The van der Waals surface area contributed by atoms with Gasteiger partial charge in [-0.1, -0.05) is 0 Å². The lowest BCUT2D eigenvalue weighted by atomic mass is 10.2. The summed E-state index contributed by atoms with van der Waals surface area (Å²) < 4.78 is 29.8. The molecule has 0 fully saturated rings. The van der Waals surface area contributed by atoms with Crippen molar-refractivity contribution in [1.29, 1.82) is 0 Å². The maximum atomic E-state index is 11.1. The first kappa shape index (κ1) is 15.4. The van der Waals surface area contributed by atoms with Crippen LogP contribution in [0.2, 0.25) is 0 Å². The van der Waals surface area contributed by atoms with E-state index in [0.29, 0.717) is 12.1 Å². The van der Waals surface area contributed by atoms with Crippen molar-refractivity contribution in [1.82, 2.24) is 0 Å². The van der Waals surface area contributed by atoms with Crippen LogP contribution in [0.3, 0.4) is 0 Å². The lowest BCUT2D eigenvalue weighted by molar-refractivity contribution is -0.694. The maximum Gasteiger partial charge on any atom is 0.372 e. The van der Waals surface area contributed by atoms with Gasteiger partial charge < -0.3 is 19.4 Å². The van der Waals surface area contributed by atoms with Crippen LogP contribution in [0.15, 0.2) is 24.5 Å². The van der Waals surface area contributed by atoms with E-state index in [-0.39, 0.29) is 0 Å². The molecule has 2 unspecified atom stereocenters. The average Bonchev–Trinajstić information content (AvgIpc) is 2.27. The molecule has 0 radical (unpaired) electrons. The summed E-state index contributed by atoms with van der Waals surface area (Å²) in [5.74, 6) is 0. The number of hydrogen-bond donors (Lipinski definition) is 4. The molecule has 1 aromatic heterocycles. The smallest absolute Gasteiger partial charge is 0.365 e. The Bertz CT molecular complexity index is 504. The molecule has 0 bridgehead atoms. The second kappa shape index (κ2) is 5.56. The van der Waals surface area contributed by atoms with Crippen molar-refractivity contribution < 1.29 is 32.8 Å². The van der Waals surface area contributed by atoms with Crippen LogP contribution in [-0.4, -0.2) is 28.3 Å². The van der Waals surface area contributed by atoms with Gasteiger partial charge in [0.1, 0.15) is 6.54 Å². The molecule has 4 N–H and O–H groups in total. The number of pyridine rings is 1. The van der Waals surface area contributed by atoms with Gasteiger partial charge in [0.25, 0.3) is 4.67 Å². The van der Waals surface area contributed by atoms with E-state index in [2.05, 4.69) is 0 Å². The van der Waals surface area contributed by atoms with E-state index < -0.39 is 29.8 Å². The molecule has 2 atom stereocenters. The van der Waals surface area contributed by atoms with Gasteiger partial charge >= 0.3 is 7.60 Å². The quantitative estimate of drug-likeness (QED) is 0.333. The third kappa shape index (κ3) is 3.23. The van der Waals surface area contributed by atoms with E-state index in [1.165, 1.54) is 6.07 Å². The van der Waals surface area contributed by atoms with Gasteiger partial charge in [0.2, 0.25) is 0 Å². The van der Waals surface area contributed by atoms with Gasteiger partial charge in [-0.3, -0.25) is 4.57 Å². The Hall–Kier alpha value is -0.630. The summed E-state index contributed by atoms with van der Waals surface area (Å²) in [6, 6.07) is 3.14. The molecule has 1 aromatic rings. The van der Waals surface area contributed by atoms with E-state index in [9.17, 15) is 13.9 Å². The van der Waals surface area contributed by atoms with Crippen LogP contribution >= 0.6 is 7.60 Å². The molecule has 0 spiro atoms. The van der Waals surface area contributed by atoms with Crippen molar-refractivity contribution >= 4 is 18.7 Å². The molecule has 1 rings (SSSR count). The zero-order valence-corrected chi connectivity index (χ0v) is 11.3. The SMILES string of the molecule is CC[n+]1cccc(CC(O)(S(=O)O)P(=O)(O)O)c1. The van der Waals surface area contributed by atoms with Gasteiger partial charge in [-0.05, 0) is 13.0 Å². The average molecular weight is 296 g/mol. The molecule has 0 aromatic carbocycles. The number of aryl methyl sites for hydroxylation is 1. The third-order valence-corrected chi connectivity index (χ3v) is 5.41. The van der Waals surface area contributed by atoms with Crippen LogP contribution in [0, 0.1) is 0 Å². The van der Waals surface area contributed by atoms with Crippen molar-refractivity contribution in [3.8, 4) is 0 Å². The van der Waals surface area contributed by atoms with E-state index >= 15 is 0 Å². The van der Waals surface area contributed by atoms with Gasteiger partial charge in [0.15, 0.2) is 23.5 Å². The Morgan fingerprint density at radius 3 is 2.56 bits per heavy atom. The zero-order chi connectivity index (χ0) is 14.0. The highest BCUT2D eigenvalue weighted by molar-refractivity contribution is 7.89. The molecule has 18 heavy (non-hydrogen) atoms. The first-order valence-electron chi connectivity index (χ1n) is 5.07. The summed E-state index contributed by atoms with van der Waals surface area (Å²) in [5, 5.41) is 9.72. The molecule has 0 saturated heterocycles. The van der Waals surface area contributed by atoms with Gasteiger partial charge in [-0.2, -0.15) is 0 Å². The second-order valence-corrected chi connectivity index (χ2v) is 7.06. The zero-order valence-electron chi connectivity index (χ0n) is 9.63. The summed E-state index contributed by atoms with van der Waals surface area (Å²) in [7, 11) is -5.14. The summed E-state index contributed by atoms with van der Waals surface area (Å²) in [4.78, 5) is 18.0. The molecule has 0 aliphatic heterocycles. The van der Waals surface area contributed by atoms with Crippen LogP contribution < -0.4 is 4.57 Å². The summed E-state index contributed by atoms with van der Waals surface area (Å²) in [6.45, 7) is 2.49. The van der Waals surface area contributed by atoms with Crippen LogP contribution in [-0.2, 0) is 28.6 Å². The number of aromatic nitrogens is 1. The second-order valence-electron chi connectivity index (χ2n) is 3.76. The van der Waals surface area contributed by atoms with E-state index in [0.717, 1.165) is 0 Å². The Kier molecular flexibility index (Phi) is 4.77. The molecule has 0 aliphatic carbocycles. The standard InChI is InChI=1S/C9H14NO6PS/c1-2-10-5-3-4-8(7-10)6-9(11,18(15)16)17(12,13)14/h3-5,7,11H,2,6H2,1H3,(H2-,12,13,14,15,16)/p+1. The minimum atomic E-state index is -5.14. The van der Waals surface area contributed by atoms with Crippen molar-refractivity contribution in [2.24, 2.45) is 0 Å². The molecule has 1 heterocycles. The summed E-state index contributed by atoms with van der Waals surface area (Å²) in [5.41, 5.74) is 0.354. The lowest BCUT2D eigenvalue weighted by Crippen LogP contribution is -2.38. The number of rotatable bonds is 5. The minimum Gasteiger partial charge on any atom is -0.365 e. The molecular weight excluding hydrogens is 281 g/mol. The number of nitrogens with zero attached hydrogens (tertiary/aromatic N) is 1. The molecule has 9 heteroatoms. The summed E-state index contributed by atoms with van der Waals surface area (Å²) >= 11 is -3.06. The van der Waals surface area contributed by atoms with Crippen molar-refractivity contribution in [2.75, 3.05) is 0 Å². The first-order chi connectivity index (χ1) is 8.20. The summed E-state index contributed by atoms with van der Waals surface area (Å²) in [6.07, 6.45) is 2.67. The molecule has 7 nitrogen and oxygen atoms in total. The van der Waals surface area contributed by atoms with E-state index in [4.69, 9.17) is 14.3 Å². The van der Waals surface area contributed by atoms with Crippen LogP contribution in [0.5, 0.6) is 0 Å². The predicted octanol–water partition coefficient (Wildman–Crippen LogP) is -0.418. The fraction of sp³-hybridized carbons (Fsp3) is 0.444. The molecule has 0 aliphatic rings. The predicted molar refractivity (Wildman–Crippen MR) is 63.8 cm³/mol. The first-order valence-corrected chi connectivity index (χ1v) is 7.79. The number of aliphatic hydroxyl groups is 1. The topological polar surface area (TPSA) is 119 Å². The Morgan fingerprint density at radius 1 is 1.50 bits per heavy atom. The highest BCUT2D eigenvalue weighted by Gasteiger charge is 2.51. The van der Waals surface area contributed by atoms with Gasteiger partial charge in [0.05, 0.1) is 0 Å². The molecule has 102 valence electrons. The Labute approximate surface area is 107 Å². The van der Waals surface area contributed by atoms with Crippen LogP contribution in [0.1, 0.15) is 12.5 Å². The Balaban J connectivity index is 3.12. The molecule has 0 saturated carbocycles. The van der Waals surface area contributed by atoms with E-state index in [1.807, 2.05) is 6.92 Å². The van der Waals surface area contributed by atoms with Crippen LogP contribution in [0.4, 0.5) is 0 Å². The maximum absolute atomic E-state index is 11.1. The monoisotopic (exact) mass is 296 g/mol. The lowest BCUT2D eigenvalue weighted by Gasteiger charge is -2.24. The van der Waals surface area contributed by atoms with Gasteiger partial charge in [-0.25, -0.2) is 8.78 Å². The largest absolute Gasteiger partial charge is 0.372 e. The van der Waals surface area contributed by atoms with Gasteiger partial charge in [0, 0.05) is 18.1 Å².